The number of aromatic nitrogens is 1. The van der Waals surface area contributed by atoms with Crippen molar-refractivity contribution in [3.8, 4) is 0 Å². The van der Waals surface area contributed by atoms with Gasteiger partial charge in [-0.15, -0.1) is 0 Å². The molecule has 0 bridgehead atoms. The summed E-state index contributed by atoms with van der Waals surface area (Å²) in [5, 5.41) is 4.18. The number of nitrogens with one attached hydrogen (secondary N) is 2. The molecule has 2 heterocycles. The predicted octanol–water partition coefficient (Wildman–Crippen LogP) is 1.87. The molecule has 0 unspecified atom stereocenters. The molecule has 0 spiro atoms. The third kappa shape index (κ3) is 3.43. The van der Waals surface area contributed by atoms with Gasteiger partial charge in [-0.05, 0) is 36.6 Å². The van der Waals surface area contributed by atoms with Crippen LogP contribution in [0.15, 0.2) is 30.3 Å². The Morgan fingerprint density at radius 2 is 2.04 bits per heavy atom. The number of anilines is 2. The van der Waals surface area contributed by atoms with Crippen LogP contribution in [0.4, 0.5) is 11.5 Å². The van der Waals surface area contributed by atoms with Gasteiger partial charge in [-0.2, -0.15) is 8.42 Å². The molecule has 7 nitrogen and oxygen atoms in total. The average Bonchev–Trinajstić information content (AvgIpc) is 2.79. The van der Waals surface area contributed by atoms with E-state index in [1.165, 1.54) is 0 Å². The molecule has 1 saturated heterocycles. The standard InChI is InChI=1S/C16H20N4O3S/c1-11(2)7-8-17-15-6-4-12-3-5-13(9-14(12)18-15)20-10-16(21)19-24(20,22)23/h3-6,9,11H,7-8,10H2,1-2H3,(H,17,18)(H,19,21). The van der Waals surface area contributed by atoms with Crippen LogP contribution in [0.3, 0.4) is 0 Å². The van der Waals surface area contributed by atoms with Gasteiger partial charge in [-0.1, -0.05) is 19.9 Å². The number of hydrogen-bond donors (Lipinski definition) is 2. The fourth-order valence-electron chi connectivity index (χ4n) is 2.52. The monoisotopic (exact) mass is 348 g/mol. The van der Waals surface area contributed by atoms with Crippen LogP contribution < -0.4 is 14.3 Å². The minimum atomic E-state index is -3.80. The number of rotatable bonds is 5. The molecule has 3 rings (SSSR count). The number of pyridine rings is 1. The van der Waals surface area contributed by atoms with Crippen LogP contribution >= 0.6 is 0 Å². The molecule has 0 radical (unpaired) electrons. The fourth-order valence-corrected chi connectivity index (χ4v) is 3.67. The summed E-state index contributed by atoms with van der Waals surface area (Å²) in [4.78, 5) is 15.9. The Balaban J connectivity index is 1.88. The number of fused-ring (bicyclic) bond motifs is 1. The molecule has 0 saturated carbocycles. The van der Waals surface area contributed by atoms with E-state index in [1.54, 1.807) is 18.2 Å². The number of carbonyl (C=O) groups is 1. The molecule has 8 heteroatoms. The van der Waals surface area contributed by atoms with E-state index in [0.717, 1.165) is 28.5 Å². The van der Waals surface area contributed by atoms with E-state index >= 15 is 0 Å². The van der Waals surface area contributed by atoms with Crippen LogP contribution in [-0.4, -0.2) is 32.4 Å². The predicted molar refractivity (Wildman–Crippen MR) is 94.1 cm³/mol. The van der Waals surface area contributed by atoms with Gasteiger partial charge in [0.15, 0.2) is 0 Å². The summed E-state index contributed by atoms with van der Waals surface area (Å²) < 4.78 is 26.9. The highest BCUT2D eigenvalue weighted by Crippen LogP contribution is 2.25. The van der Waals surface area contributed by atoms with Gasteiger partial charge in [0, 0.05) is 11.9 Å². The van der Waals surface area contributed by atoms with Gasteiger partial charge in [0.2, 0.25) is 0 Å². The second-order valence-corrected chi connectivity index (χ2v) is 7.81. The maximum atomic E-state index is 11.9. The van der Waals surface area contributed by atoms with E-state index < -0.39 is 16.1 Å². The fraction of sp³-hybridized carbons (Fsp3) is 0.375. The van der Waals surface area contributed by atoms with Crippen molar-refractivity contribution in [3.05, 3.63) is 30.3 Å². The summed E-state index contributed by atoms with van der Waals surface area (Å²) in [5.74, 6) is 0.820. The van der Waals surface area contributed by atoms with Crippen molar-refractivity contribution < 1.29 is 13.2 Å². The largest absolute Gasteiger partial charge is 0.370 e. The van der Waals surface area contributed by atoms with Gasteiger partial charge in [0.25, 0.3) is 5.91 Å². The second kappa shape index (κ2) is 6.27. The topological polar surface area (TPSA) is 91.4 Å². The van der Waals surface area contributed by atoms with Gasteiger partial charge in [0.05, 0.1) is 11.2 Å². The summed E-state index contributed by atoms with van der Waals surface area (Å²) in [6, 6.07) is 8.99. The molecule has 2 aromatic rings. The number of hydrogen-bond acceptors (Lipinski definition) is 5. The zero-order chi connectivity index (χ0) is 17.3. The Bertz CT molecular complexity index is 880. The summed E-state index contributed by atoms with van der Waals surface area (Å²) in [5.41, 5.74) is 1.10. The number of nitrogens with zero attached hydrogens (tertiary/aromatic N) is 2. The van der Waals surface area contributed by atoms with Crippen molar-refractivity contribution in [3.63, 3.8) is 0 Å². The molecule has 0 aliphatic carbocycles. The third-order valence-electron chi connectivity index (χ3n) is 3.81. The van der Waals surface area contributed by atoms with Gasteiger partial charge >= 0.3 is 10.2 Å². The number of carbonyl (C=O) groups excluding carboxylic acids is 1. The van der Waals surface area contributed by atoms with Crippen molar-refractivity contribution >= 4 is 38.5 Å². The molecule has 2 N–H and O–H groups in total. The molecule has 1 aliphatic rings. The Morgan fingerprint density at radius 1 is 1.29 bits per heavy atom. The number of amides is 1. The molecule has 1 amide bonds. The van der Waals surface area contributed by atoms with Crippen LogP contribution in [0.2, 0.25) is 0 Å². The minimum Gasteiger partial charge on any atom is -0.370 e. The lowest BCUT2D eigenvalue weighted by Crippen LogP contribution is -2.29. The van der Waals surface area contributed by atoms with Crippen LogP contribution in [0.1, 0.15) is 20.3 Å². The molecule has 0 atom stereocenters. The van der Waals surface area contributed by atoms with Gasteiger partial charge in [-0.25, -0.2) is 14.0 Å². The molecular weight excluding hydrogens is 328 g/mol. The molecule has 128 valence electrons. The molecule has 1 aromatic carbocycles. The van der Waals surface area contributed by atoms with Gasteiger partial charge in [0.1, 0.15) is 12.4 Å². The van der Waals surface area contributed by atoms with E-state index in [1.807, 2.05) is 16.9 Å². The molecule has 1 fully saturated rings. The van der Waals surface area contributed by atoms with E-state index in [9.17, 15) is 13.2 Å². The van der Waals surface area contributed by atoms with Crippen LogP contribution in [-0.2, 0) is 15.0 Å². The Hall–Kier alpha value is -2.35. The van der Waals surface area contributed by atoms with Crippen molar-refractivity contribution in [1.29, 1.82) is 0 Å². The SMILES string of the molecule is CC(C)CCNc1ccc2ccc(N3CC(=O)NS3(=O)=O)cc2n1. The van der Waals surface area contributed by atoms with Crippen LogP contribution in [0.25, 0.3) is 10.9 Å². The molecule has 1 aromatic heterocycles. The zero-order valence-electron chi connectivity index (χ0n) is 13.6. The zero-order valence-corrected chi connectivity index (χ0v) is 14.4. The maximum Gasteiger partial charge on any atom is 0.326 e. The van der Waals surface area contributed by atoms with Crippen LogP contribution in [0.5, 0.6) is 0 Å². The van der Waals surface area contributed by atoms with E-state index in [2.05, 4.69) is 24.1 Å². The molecule has 24 heavy (non-hydrogen) atoms. The first-order valence-corrected chi connectivity index (χ1v) is 9.27. The first-order valence-electron chi connectivity index (χ1n) is 7.83. The quantitative estimate of drug-likeness (QED) is 0.861. The van der Waals surface area contributed by atoms with Crippen molar-refractivity contribution in [1.82, 2.24) is 9.71 Å². The summed E-state index contributed by atoms with van der Waals surface area (Å²) in [6.45, 7) is 4.94. The van der Waals surface area contributed by atoms with E-state index in [-0.39, 0.29) is 6.54 Å². The maximum absolute atomic E-state index is 11.9. The Kier molecular flexibility index (Phi) is 4.31. The minimum absolute atomic E-state index is 0.208. The third-order valence-corrected chi connectivity index (χ3v) is 5.22. The average molecular weight is 348 g/mol. The lowest BCUT2D eigenvalue weighted by atomic mass is 10.1. The lowest BCUT2D eigenvalue weighted by molar-refractivity contribution is -0.117. The summed E-state index contributed by atoms with van der Waals surface area (Å²) in [7, 11) is -3.80. The van der Waals surface area contributed by atoms with Crippen molar-refractivity contribution in [2.24, 2.45) is 5.92 Å². The summed E-state index contributed by atoms with van der Waals surface area (Å²) >= 11 is 0. The first kappa shape index (κ1) is 16.5. The van der Waals surface area contributed by atoms with Crippen LogP contribution in [0, 0.1) is 5.92 Å². The van der Waals surface area contributed by atoms with E-state index in [4.69, 9.17) is 0 Å². The number of benzene rings is 1. The highest BCUT2D eigenvalue weighted by Gasteiger charge is 2.34. The highest BCUT2D eigenvalue weighted by molar-refractivity contribution is 7.92. The Morgan fingerprint density at radius 3 is 2.71 bits per heavy atom. The Labute approximate surface area is 141 Å². The first-order chi connectivity index (χ1) is 11.3. The van der Waals surface area contributed by atoms with Gasteiger partial charge < -0.3 is 5.32 Å². The van der Waals surface area contributed by atoms with Crippen molar-refractivity contribution in [2.75, 3.05) is 22.7 Å². The lowest BCUT2D eigenvalue weighted by Gasteiger charge is -2.15. The van der Waals surface area contributed by atoms with Gasteiger partial charge in [-0.3, -0.25) is 4.79 Å². The normalized spacial score (nSPS) is 16.6. The smallest absolute Gasteiger partial charge is 0.326 e. The molecular formula is C16H20N4O3S. The van der Waals surface area contributed by atoms with Crippen molar-refractivity contribution in [2.45, 2.75) is 20.3 Å². The molecule has 1 aliphatic heterocycles. The summed E-state index contributed by atoms with van der Waals surface area (Å²) in [6.07, 6.45) is 1.04. The van der Waals surface area contributed by atoms with E-state index in [0.29, 0.717) is 17.1 Å². The highest BCUT2D eigenvalue weighted by atomic mass is 32.2. The second-order valence-electron chi connectivity index (χ2n) is 6.22.